The van der Waals surface area contributed by atoms with Crippen molar-refractivity contribution in [3.05, 3.63) is 16.1 Å². The minimum atomic E-state index is 0.555. The zero-order valence-corrected chi connectivity index (χ0v) is 10.7. The molecule has 1 atom stereocenters. The first-order chi connectivity index (χ1) is 7.15. The lowest BCUT2D eigenvalue weighted by Crippen LogP contribution is -2.23. The van der Waals surface area contributed by atoms with E-state index in [4.69, 9.17) is 5.73 Å². The number of thiazole rings is 1. The molecule has 0 saturated heterocycles. The van der Waals surface area contributed by atoms with Gasteiger partial charge < -0.3 is 10.6 Å². The largest absolute Gasteiger partial charge is 0.325 e. The summed E-state index contributed by atoms with van der Waals surface area (Å²) in [6.07, 6.45) is 1.23. The summed E-state index contributed by atoms with van der Waals surface area (Å²) < 4.78 is 0. The van der Waals surface area contributed by atoms with Crippen LogP contribution in [-0.2, 0) is 13.1 Å². The van der Waals surface area contributed by atoms with E-state index >= 15 is 0 Å². The molecule has 0 saturated carbocycles. The summed E-state index contributed by atoms with van der Waals surface area (Å²) in [6.45, 7) is 7.13. The highest BCUT2D eigenvalue weighted by Gasteiger charge is 2.07. The van der Waals surface area contributed by atoms with Gasteiger partial charge in [0, 0.05) is 25.0 Å². The molecule has 2 N–H and O–H groups in total. The molecule has 1 unspecified atom stereocenters. The molecular formula is C11H21N3S. The lowest BCUT2D eigenvalue weighted by Gasteiger charge is -2.19. The molecule has 0 amide bonds. The van der Waals surface area contributed by atoms with Gasteiger partial charge in [-0.25, -0.2) is 4.98 Å². The fourth-order valence-electron chi connectivity index (χ4n) is 1.52. The van der Waals surface area contributed by atoms with Crippen molar-refractivity contribution in [2.75, 3.05) is 13.6 Å². The number of rotatable bonds is 6. The third kappa shape index (κ3) is 4.28. The second-order valence-corrected chi connectivity index (χ2v) is 5.09. The molecule has 4 heteroatoms. The van der Waals surface area contributed by atoms with Crippen LogP contribution in [0.2, 0.25) is 0 Å². The molecule has 0 radical (unpaired) electrons. The summed E-state index contributed by atoms with van der Waals surface area (Å²) in [7, 11) is 2.15. The Kier molecular flexibility index (Phi) is 5.22. The van der Waals surface area contributed by atoms with Gasteiger partial charge in [-0.05, 0) is 13.0 Å². The molecule has 15 heavy (non-hydrogen) atoms. The second-order valence-electron chi connectivity index (χ2n) is 4.15. The molecule has 1 aromatic rings. The number of nitrogens with zero attached hydrogens (tertiary/aromatic N) is 2. The van der Waals surface area contributed by atoms with Gasteiger partial charge in [-0.1, -0.05) is 20.3 Å². The SMILES string of the molecule is CCC(C)CN(C)Cc1csc(CN)n1. The van der Waals surface area contributed by atoms with Crippen LogP contribution in [0.1, 0.15) is 31.0 Å². The fourth-order valence-corrected chi connectivity index (χ4v) is 2.18. The van der Waals surface area contributed by atoms with E-state index in [-0.39, 0.29) is 0 Å². The molecule has 0 spiro atoms. The number of nitrogens with two attached hydrogens (primary N) is 1. The van der Waals surface area contributed by atoms with Crippen molar-refractivity contribution in [1.82, 2.24) is 9.88 Å². The average molecular weight is 227 g/mol. The van der Waals surface area contributed by atoms with Gasteiger partial charge in [0.05, 0.1) is 5.69 Å². The topological polar surface area (TPSA) is 42.1 Å². The molecule has 0 bridgehead atoms. The summed E-state index contributed by atoms with van der Waals surface area (Å²) >= 11 is 1.65. The molecule has 0 aliphatic heterocycles. The van der Waals surface area contributed by atoms with Crippen LogP contribution in [0.25, 0.3) is 0 Å². The Morgan fingerprint density at radius 2 is 2.33 bits per heavy atom. The van der Waals surface area contributed by atoms with Crippen molar-refractivity contribution in [2.45, 2.75) is 33.4 Å². The van der Waals surface area contributed by atoms with Crippen molar-refractivity contribution in [1.29, 1.82) is 0 Å². The third-order valence-electron chi connectivity index (χ3n) is 2.53. The molecule has 0 aliphatic carbocycles. The van der Waals surface area contributed by atoms with Gasteiger partial charge in [0.2, 0.25) is 0 Å². The fraction of sp³-hybridized carbons (Fsp3) is 0.727. The Morgan fingerprint density at radius 3 is 2.87 bits per heavy atom. The van der Waals surface area contributed by atoms with Crippen LogP contribution in [0.4, 0.5) is 0 Å². The molecule has 0 fully saturated rings. The summed E-state index contributed by atoms with van der Waals surface area (Å²) in [5.41, 5.74) is 6.68. The van der Waals surface area contributed by atoms with Crippen LogP contribution in [-0.4, -0.2) is 23.5 Å². The minimum absolute atomic E-state index is 0.555. The van der Waals surface area contributed by atoms with Gasteiger partial charge in [-0.3, -0.25) is 0 Å². The predicted molar refractivity (Wildman–Crippen MR) is 65.8 cm³/mol. The Hall–Kier alpha value is -0.450. The van der Waals surface area contributed by atoms with Crippen LogP contribution in [0, 0.1) is 5.92 Å². The molecule has 86 valence electrons. The van der Waals surface area contributed by atoms with Gasteiger partial charge in [0.15, 0.2) is 0 Å². The van der Waals surface area contributed by atoms with E-state index in [1.165, 1.54) is 6.42 Å². The lowest BCUT2D eigenvalue weighted by molar-refractivity contribution is 0.273. The smallest absolute Gasteiger partial charge is 0.106 e. The highest BCUT2D eigenvalue weighted by Crippen LogP contribution is 2.11. The van der Waals surface area contributed by atoms with Crippen LogP contribution >= 0.6 is 11.3 Å². The first kappa shape index (κ1) is 12.6. The van der Waals surface area contributed by atoms with Crippen molar-refractivity contribution in [3.8, 4) is 0 Å². The third-order valence-corrected chi connectivity index (χ3v) is 3.45. The van der Waals surface area contributed by atoms with Gasteiger partial charge in [-0.2, -0.15) is 0 Å². The molecule has 1 heterocycles. The normalized spacial score (nSPS) is 13.4. The molecule has 0 aliphatic rings. The van der Waals surface area contributed by atoms with Crippen LogP contribution < -0.4 is 5.73 Å². The zero-order chi connectivity index (χ0) is 11.3. The van der Waals surface area contributed by atoms with Crippen LogP contribution in [0.5, 0.6) is 0 Å². The van der Waals surface area contributed by atoms with Crippen molar-refractivity contribution in [2.24, 2.45) is 11.7 Å². The van der Waals surface area contributed by atoms with Gasteiger partial charge in [0.25, 0.3) is 0 Å². The van der Waals surface area contributed by atoms with Gasteiger partial charge in [0.1, 0.15) is 5.01 Å². The van der Waals surface area contributed by atoms with Crippen molar-refractivity contribution in [3.63, 3.8) is 0 Å². The highest BCUT2D eigenvalue weighted by atomic mass is 32.1. The second kappa shape index (κ2) is 6.20. The Labute approximate surface area is 96.3 Å². The number of hydrogen-bond donors (Lipinski definition) is 1. The van der Waals surface area contributed by atoms with Crippen LogP contribution in [0.15, 0.2) is 5.38 Å². The van der Waals surface area contributed by atoms with E-state index in [1.54, 1.807) is 11.3 Å². The van der Waals surface area contributed by atoms with E-state index in [9.17, 15) is 0 Å². The summed E-state index contributed by atoms with van der Waals surface area (Å²) in [5, 5.41) is 3.14. The van der Waals surface area contributed by atoms with Gasteiger partial charge in [-0.15, -0.1) is 11.3 Å². The molecule has 0 aromatic carbocycles. The molecular weight excluding hydrogens is 206 g/mol. The van der Waals surface area contributed by atoms with E-state index in [0.29, 0.717) is 6.54 Å². The quantitative estimate of drug-likeness (QED) is 0.809. The first-order valence-corrected chi connectivity index (χ1v) is 6.35. The first-order valence-electron chi connectivity index (χ1n) is 5.47. The number of hydrogen-bond acceptors (Lipinski definition) is 4. The van der Waals surface area contributed by atoms with Crippen LogP contribution in [0.3, 0.4) is 0 Å². The Morgan fingerprint density at radius 1 is 1.60 bits per heavy atom. The lowest BCUT2D eigenvalue weighted by atomic mass is 10.1. The van der Waals surface area contributed by atoms with Crippen molar-refractivity contribution < 1.29 is 0 Å². The number of aromatic nitrogens is 1. The predicted octanol–water partition coefficient (Wildman–Crippen LogP) is 2.08. The molecule has 1 rings (SSSR count). The average Bonchev–Trinajstić information content (AvgIpc) is 2.65. The zero-order valence-electron chi connectivity index (χ0n) is 9.86. The summed E-state index contributed by atoms with van der Waals surface area (Å²) in [5.74, 6) is 0.752. The minimum Gasteiger partial charge on any atom is -0.325 e. The maximum atomic E-state index is 5.53. The molecule has 1 aromatic heterocycles. The van der Waals surface area contributed by atoms with E-state index < -0.39 is 0 Å². The summed E-state index contributed by atoms with van der Waals surface area (Å²) in [6, 6.07) is 0. The van der Waals surface area contributed by atoms with Crippen molar-refractivity contribution >= 4 is 11.3 Å². The molecule has 3 nitrogen and oxygen atoms in total. The standard InChI is InChI=1S/C11H21N3S/c1-4-9(2)6-14(3)7-10-8-15-11(5-12)13-10/h8-9H,4-7,12H2,1-3H3. The van der Waals surface area contributed by atoms with Gasteiger partial charge >= 0.3 is 0 Å². The Bertz CT molecular complexity index is 285. The summed E-state index contributed by atoms with van der Waals surface area (Å²) in [4.78, 5) is 6.78. The highest BCUT2D eigenvalue weighted by molar-refractivity contribution is 7.09. The Balaban J connectivity index is 2.40. The maximum Gasteiger partial charge on any atom is 0.106 e. The maximum absolute atomic E-state index is 5.53. The van der Waals surface area contributed by atoms with E-state index in [0.717, 1.165) is 29.7 Å². The van der Waals surface area contributed by atoms with E-state index in [2.05, 4.69) is 36.2 Å². The monoisotopic (exact) mass is 227 g/mol. The van der Waals surface area contributed by atoms with E-state index in [1.807, 2.05) is 0 Å².